The van der Waals surface area contributed by atoms with Crippen LogP contribution in [0, 0.1) is 0 Å². The number of halogens is 1. The third-order valence-corrected chi connectivity index (χ3v) is 4.02. The molecule has 0 aromatic heterocycles. The minimum Gasteiger partial charge on any atom is -0.482 e. The van der Waals surface area contributed by atoms with Gasteiger partial charge in [0.05, 0.1) is 11.1 Å². The van der Waals surface area contributed by atoms with Crippen LogP contribution in [-0.2, 0) is 4.79 Å². The molecule has 5 heteroatoms. The Morgan fingerprint density at radius 1 is 1.27 bits per heavy atom. The molecule has 3 rings (SSSR count). The summed E-state index contributed by atoms with van der Waals surface area (Å²) in [6, 6.07) is 15.7. The number of likely N-dealkylation sites (N-methyl/N-ethyl adjacent to an activating group) is 1. The van der Waals surface area contributed by atoms with Crippen LogP contribution in [0.1, 0.15) is 10.9 Å². The first-order valence-electron chi connectivity index (χ1n) is 7.10. The molecule has 1 unspecified atom stereocenters. The quantitative estimate of drug-likeness (QED) is 0.879. The lowest BCUT2D eigenvalue weighted by atomic mass is 10.1. The molecule has 0 saturated carbocycles. The average molecular weight is 317 g/mol. The molecule has 0 fully saturated rings. The van der Waals surface area contributed by atoms with Gasteiger partial charge in [0.15, 0.2) is 6.61 Å². The molecule has 1 N–H and O–H groups in total. The van der Waals surface area contributed by atoms with Gasteiger partial charge in [-0.1, -0.05) is 24.3 Å². The van der Waals surface area contributed by atoms with Crippen molar-refractivity contribution >= 4 is 28.9 Å². The molecule has 2 aromatic carbocycles. The fourth-order valence-corrected chi connectivity index (χ4v) is 2.77. The Morgan fingerprint density at radius 3 is 2.82 bits per heavy atom. The summed E-state index contributed by atoms with van der Waals surface area (Å²) in [6.07, 6.45) is 0. The van der Waals surface area contributed by atoms with E-state index < -0.39 is 0 Å². The zero-order valence-electron chi connectivity index (χ0n) is 12.3. The summed E-state index contributed by atoms with van der Waals surface area (Å²) in [5, 5.41) is 2.62. The monoisotopic (exact) mass is 316 g/mol. The zero-order valence-corrected chi connectivity index (χ0v) is 13.0. The molecule has 1 aliphatic rings. The highest BCUT2D eigenvalue weighted by Crippen LogP contribution is 2.33. The number of ether oxygens (including phenoxy) is 1. The van der Waals surface area contributed by atoms with Crippen LogP contribution in [0.2, 0.25) is 0 Å². The van der Waals surface area contributed by atoms with Crippen LogP contribution >= 0.6 is 11.6 Å². The number of rotatable bonds is 4. The van der Waals surface area contributed by atoms with E-state index in [-0.39, 0.29) is 17.9 Å². The Morgan fingerprint density at radius 2 is 2.05 bits per heavy atom. The molecular formula is C17H17ClN2O2. The molecule has 0 aliphatic carbocycles. The van der Waals surface area contributed by atoms with Crippen LogP contribution in [0.3, 0.4) is 0 Å². The van der Waals surface area contributed by atoms with Crippen LogP contribution in [0.15, 0.2) is 48.5 Å². The highest BCUT2D eigenvalue weighted by molar-refractivity contribution is 6.21. The molecule has 22 heavy (non-hydrogen) atoms. The first-order chi connectivity index (χ1) is 10.6. The standard InChI is InChI=1S/C17H17ClN2O2/c1-20(13-5-3-2-4-6-13)10-14(18)12-7-8-16-15(9-12)19-17(21)11-22-16/h2-9,14H,10-11H2,1H3,(H,19,21). The maximum absolute atomic E-state index is 11.4. The van der Waals surface area contributed by atoms with Gasteiger partial charge in [-0.2, -0.15) is 0 Å². The molecule has 1 amide bonds. The van der Waals surface area contributed by atoms with Gasteiger partial charge in [-0.05, 0) is 29.8 Å². The summed E-state index contributed by atoms with van der Waals surface area (Å²) in [5.41, 5.74) is 2.75. The van der Waals surface area contributed by atoms with E-state index in [0.717, 1.165) is 11.3 Å². The van der Waals surface area contributed by atoms with Gasteiger partial charge >= 0.3 is 0 Å². The number of fused-ring (bicyclic) bond motifs is 1. The Balaban J connectivity index is 1.74. The lowest BCUT2D eigenvalue weighted by Gasteiger charge is -2.24. The molecule has 0 bridgehead atoms. The summed E-state index contributed by atoms with van der Waals surface area (Å²) < 4.78 is 5.36. The van der Waals surface area contributed by atoms with E-state index in [1.54, 1.807) is 0 Å². The van der Waals surface area contributed by atoms with Crippen LogP contribution in [-0.4, -0.2) is 26.1 Å². The molecule has 2 aromatic rings. The third kappa shape index (κ3) is 3.17. The number of nitrogens with zero attached hydrogens (tertiary/aromatic N) is 1. The van der Waals surface area contributed by atoms with Gasteiger partial charge in [0, 0.05) is 19.3 Å². The van der Waals surface area contributed by atoms with Crippen molar-refractivity contribution in [2.24, 2.45) is 0 Å². The summed E-state index contributed by atoms with van der Waals surface area (Å²) in [7, 11) is 2.01. The molecular weight excluding hydrogens is 300 g/mol. The molecule has 1 atom stereocenters. The smallest absolute Gasteiger partial charge is 0.262 e. The highest BCUT2D eigenvalue weighted by atomic mass is 35.5. The number of alkyl halides is 1. The van der Waals surface area contributed by atoms with E-state index in [4.69, 9.17) is 16.3 Å². The lowest BCUT2D eigenvalue weighted by Crippen LogP contribution is -2.26. The Bertz CT molecular complexity index is 676. The number of hydrogen-bond donors (Lipinski definition) is 1. The summed E-state index contributed by atoms with van der Waals surface area (Å²) in [4.78, 5) is 13.5. The fourth-order valence-electron chi connectivity index (χ4n) is 2.43. The lowest BCUT2D eigenvalue weighted by molar-refractivity contribution is -0.118. The van der Waals surface area contributed by atoms with E-state index in [1.165, 1.54) is 0 Å². The van der Waals surface area contributed by atoms with Crippen molar-refractivity contribution < 1.29 is 9.53 Å². The Kier molecular flexibility index (Phi) is 4.20. The Hall–Kier alpha value is -2.20. The summed E-state index contributed by atoms with van der Waals surface area (Å²) in [5.74, 6) is 0.542. The van der Waals surface area contributed by atoms with Crippen LogP contribution in [0.5, 0.6) is 5.75 Å². The van der Waals surface area contributed by atoms with Crippen molar-refractivity contribution in [1.29, 1.82) is 0 Å². The first kappa shape index (κ1) is 14.7. The third-order valence-electron chi connectivity index (χ3n) is 3.63. The number of para-hydroxylation sites is 1. The molecule has 0 saturated heterocycles. The van der Waals surface area contributed by atoms with E-state index in [0.29, 0.717) is 18.0 Å². The van der Waals surface area contributed by atoms with Gasteiger partial charge in [-0.15, -0.1) is 11.6 Å². The van der Waals surface area contributed by atoms with Crippen molar-refractivity contribution in [2.45, 2.75) is 5.38 Å². The molecule has 0 radical (unpaired) electrons. The van der Waals surface area contributed by atoms with Crippen molar-refractivity contribution in [2.75, 3.05) is 30.4 Å². The number of nitrogens with one attached hydrogen (secondary N) is 1. The van der Waals surface area contributed by atoms with Crippen molar-refractivity contribution in [1.82, 2.24) is 0 Å². The molecule has 114 valence electrons. The normalized spacial score (nSPS) is 14.5. The Labute approximate surface area is 134 Å². The minimum atomic E-state index is -0.186. The predicted octanol–water partition coefficient (Wildman–Crippen LogP) is 3.43. The second kappa shape index (κ2) is 6.28. The molecule has 0 spiro atoms. The van der Waals surface area contributed by atoms with Crippen molar-refractivity contribution in [3.05, 3.63) is 54.1 Å². The average Bonchev–Trinajstić information content (AvgIpc) is 2.54. The number of hydrogen-bond acceptors (Lipinski definition) is 3. The van der Waals surface area contributed by atoms with Crippen LogP contribution in [0.25, 0.3) is 0 Å². The maximum Gasteiger partial charge on any atom is 0.262 e. The maximum atomic E-state index is 11.4. The van der Waals surface area contributed by atoms with Gasteiger partial charge in [0.1, 0.15) is 5.75 Å². The molecule has 4 nitrogen and oxygen atoms in total. The summed E-state index contributed by atoms with van der Waals surface area (Å²) in [6.45, 7) is 0.729. The molecule has 1 aliphatic heterocycles. The topological polar surface area (TPSA) is 41.6 Å². The van der Waals surface area contributed by atoms with Gasteiger partial charge in [-0.3, -0.25) is 4.79 Å². The van der Waals surface area contributed by atoms with Crippen molar-refractivity contribution in [3.8, 4) is 5.75 Å². The van der Waals surface area contributed by atoms with Gasteiger partial charge in [0.2, 0.25) is 0 Å². The number of carbonyl (C=O) groups excluding carboxylic acids is 1. The second-order valence-corrected chi connectivity index (χ2v) is 5.80. The first-order valence-corrected chi connectivity index (χ1v) is 7.54. The second-order valence-electron chi connectivity index (χ2n) is 5.28. The number of carbonyl (C=O) groups is 1. The largest absolute Gasteiger partial charge is 0.482 e. The van der Waals surface area contributed by atoms with Crippen molar-refractivity contribution in [3.63, 3.8) is 0 Å². The minimum absolute atomic E-state index is 0.0629. The zero-order chi connectivity index (χ0) is 15.5. The van der Waals surface area contributed by atoms with Gasteiger partial charge < -0.3 is 15.0 Å². The van der Waals surface area contributed by atoms with Gasteiger partial charge in [0.25, 0.3) is 5.91 Å². The van der Waals surface area contributed by atoms with E-state index in [2.05, 4.69) is 10.2 Å². The van der Waals surface area contributed by atoms with Crippen LogP contribution < -0.4 is 15.0 Å². The summed E-state index contributed by atoms with van der Waals surface area (Å²) >= 11 is 6.53. The van der Waals surface area contributed by atoms with Crippen LogP contribution in [0.4, 0.5) is 11.4 Å². The molecule has 1 heterocycles. The number of amides is 1. The number of anilines is 2. The fraction of sp³-hybridized carbons (Fsp3) is 0.235. The number of benzene rings is 2. The predicted molar refractivity (Wildman–Crippen MR) is 88.9 cm³/mol. The SMILES string of the molecule is CN(CC(Cl)c1ccc2c(c1)NC(=O)CO2)c1ccccc1. The van der Waals surface area contributed by atoms with E-state index in [1.807, 2.05) is 55.6 Å². The van der Waals surface area contributed by atoms with Gasteiger partial charge in [-0.25, -0.2) is 0 Å². The van der Waals surface area contributed by atoms with E-state index in [9.17, 15) is 4.79 Å². The highest BCUT2D eigenvalue weighted by Gasteiger charge is 2.19. The van der Waals surface area contributed by atoms with E-state index >= 15 is 0 Å².